The van der Waals surface area contributed by atoms with Crippen LogP contribution in [0, 0.1) is 10.1 Å². The molecule has 1 aromatic rings. The molecule has 0 aliphatic carbocycles. The van der Waals surface area contributed by atoms with E-state index in [9.17, 15) is 10.1 Å². The van der Waals surface area contributed by atoms with E-state index in [0.717, 1.165) is 4.90 Å². The van der Waals surface area contributed by atoms with Crippen LogP contribution in [0.2, 0.25) is 0 Å². The number of hydrogen-bond donors (Lipinski definition) is 1. The standard InChI is InChI=1S/C10H15N2O4PS/c1-3-15-17(16-4-2)11-18-10-7-5-9(6-8-10)12(13)14/h5-8,11H,3-4H2,1-2H3. The molecule has 1 rings (SSSR count). The van der Waals surface area contributed by atoms with Crippen LogP contribution in [0.3, 0.4) is 0 Å². The van der Waals surface area contributed by atoms with Crippen molar-refractivity contribution >= 4 is 26.2 Å². The lowest BCUT2D eigenvalue weighted by Gasteiger charge is -2.15. The highest BCUT2D eigenvalue weighted by Gasteiger charge is 2.10. The Morgan fingerprint density at radius 3 is 2.28 bits per heavy atom. The number of nitro groups is 1. The molecule has 0 aliphatic heterocycles. The molecule has 0 bridgehead atoms. The molecule has 18 heavy (non-hydrogen) atoms. The lowest BCUT2D eigenvalue weighted by molar-refractivity contribution is -0.384. The summed E-state index contributed by atoms with van der Waals surface area (Å²) < 4.78 is 13.8. The molecular formula is C10H15N2O4PS. The van der Waals surface area contributed by atoms with Crippen LogP contribution >= 0.6 is 20.5 Å². The van der Waals surface area contributed by atoms with Crippen molar-refractivity contribution in [1.82, 2.24) is 4.49 Å². The molecule has 6 nitrogen and oxygen atoms in total. The fourth-order valence-corrected chi connectivity index (χ4v) is 3.01. The molecule has 0 saturated heterocycles. The summed E-state index contributed by atoms with van der Waals surface area (Å²) in [5.41, 5.74) is 0.0798. The molecule has 0 aliphatic rings. The molecule has 0 aromatic heterocycles. The van der Waals surface area contributed by atoms with Gasteiger partial charge >= 0.3 is 0 Å². The third-order valence-electron chi connectivity index (χ3n) is 1.78. The van der Waals surface area contributed by atoms with Gasteiger partial charge in [0.1, 0.15) is 0 Å². The zero-order valence-electron chi connectivity index (χ0n) is 10.2. The van der Waals surface area contributed by atoms with E-state index in [4.69, 9.17) is 9.05 Å². The molecule has 0 radical (unpaired) electrons. The van der Waals surface area contributed by atoms with Crippen molar-refractivity contribution in [3.8, 4) is 0 Å². The zero-order chi connectivity index (χ0) is 13.4. The Balaban J connectivity index is 2.48. The first-order chi connectivity index (χ1) is 8.67. The van der Waals surface area contributed by atoms with Crippen LogP contribution in [-0.2, 0) is 9.05 Å². The smallest absolute Gasteiger partial charge is 0.269 e. The second-order valence-electron chi connectivity index (χ2n) is 3.04. The van der Waals surface area contributed by atoms with E-state index in [1.165, 1.54) is 24.1 Å². The molecule has 0 spiro atoms. The molecule has 0 fully saturated rings. The summed E-state index contributed by atoms with van der Waals surface area (Å²) >= 11 is 1.34. The second-order valence-corrected chi connectivity index (χ2v) is 5.47. The average molecular weight is 290 g/mol. The largest absolute Gasteiger partial charge is 0.322 e. The molecule has 0 amide bonds. The third-order valence-corrected chi connectivity index (χ3v) is 4.23. The maximum Gasteiger partial charge on any atom is 0.269 e. The van der Waals surface area contributed by atoms with E-state index in [2.05, 4.69) is 4.49 Å². The minimum atomic E-state index is -1.13. The summed E-state index contributed by atoms with van der Waals surface area (Å²) in [6, 6.07) is 6.30. The van der Waals surface area contributed by atoms with Crippen molar-refractivity contribution in [3.05, 3.63) is 34.4 Å². The Morgan fingerprint density at radius 2 is 1.83 bits per heavy atom. The van der Waals surface area contributed by atoms with Crippen molar-refractivity contribution in [1.29, 1.82) is 0 Å². The first-order valence-electron chi connectivity index (χ1n) is 5.40. The van der Waals surface area contributed by atoms with E-state index in [-0.39, 0.29) is 5.69 Å². The minimum absolute atomic E-state index is 0.0798. The van der Waals surface area contributed by atoms with Gasteiger partial charge in [0.25, 0.3) is 14.2 Å². The first kappa shape index (κ1) is 15.3. The molecule has 8 heteroatoms. The van der Waals surface area contributed by atoms with Crippen molar-refractivity contribution in [2.45, 2.75) is 18.7 Å². The predicted molar refractivity (Wildman–Crippen MR) is 72.3 cm³/mol. The molecule has 0 atom stereocenters. The molecular weight excluding hydrogens is 275 g/mol. The van der Waals surface area contributed by atoms with Gasteiger partial charge in [-0.3, -0.25) is 10.1 Å². The fraction of sp³-hybridized carbons (Fsp3) is 0.400. The Bertz CT molecular complexity index is 371. The van der Waals surface area contributed by atoms with Gasteiger partial charge in [0, 0.05) is 17.0 Å². The van der Waals surface area contributed by atoms with Crippen molar-refractivity contribution in [2.24, 2.45) is 0 Å². The van der Waals surface area contributed by atoms with E-state index in [1.54, 1.807) is 12.1 Å². The number of nitro benzene ring substituents is 1. The summed E-state index contributed by atoms with van der Waals surface area (Å²) in [5.74, 6) is 0. The van der Waals surface area contributed by atoms with E-state index >= 15 is 0 Å². The molecule has 1 aromatic carbocycles. The number of hydrogen-bond acceptors (Lipinski definition) is 6. The highest BCUT2D eigenvalue weighted by Crippen LogP contribution is 2.37. The average Bonchev–Trinajstić information content (AvgIpc) is 2.37. The topological polar surface area (TPSA) is 73.6 Å². The van der Waals surface area contributed by atoms with Crippen LogP contribution < -0.4 is 4.49 Å². The monoisotopic (exact) mass is 290 g/mol. The maximum atomic E-state index is 10.5. The van der Waals surface area contributed by atoms with Crippen LogP contribution in [0.25, 0.3) is 0 Å². The molecule has 1 N–H and O–H groups in total. The third kappa shape index (κ3) is 5.29. The second kappa shape index (κ2) is 8.39. The van der Waals surface area contributed by atoms with Gasteiger partial charge in [-0.15, -0.1) is 0 Å². The lowest BCUT2D eigenvalue weighted by Crippen LogP contribution is -2.02. The van der Waals surface area contributed by atoms with E-state index in [0.29, 0.717) is 13.2 Å². The predicted octanol–water partition coefficient (Wildman–Crippen LogP) is 3.49. The van der Waals surface area contributed by atoms with Gasteiger partial charge in [-0.1, -0.05) is 0 Å². The SMILES string of the molecule is CCOP(NSc1ccc([N+](=O)[O-])cc1)OCC. The van der Waals surface area contributed by atoms with Gasteiger partial charge in [0.15, 0.2) is 0 Å². The summed E-state index contributed by atoms with van der Waals surface area (Å²) in [6.07, 6.45) is 0. The van der Waals surface area contributed by atoms with Crippen LogP contribution in [0.5, 0.6) is 0 Å². The van der Waals surface area contributed by atoms with Crippen molar-refractivity contribution in [2.75, 3.05) is 13.2 Å². The highest BCUT2D eigenvalue weighted by molar-refractivity contribution is 8.01. The number of non-ortho nitro benzene ring substituents is 1. The molecule has 0 saturated carbocycles. The Labute approximate surface area is 111 Å². The summed E-state index contributed by atoms with van der Waals surface area (Å²) in [5, 5.41) is 10.5. The molecule has 0 heterocycles. The van der Waals surface area contributed by atoms with Crippen LogP contribution in [0.1, 0.15) is 13.8 Å². The van der Waals surface area contributed by atoms with Gasteiger partial charge in [-0.2, -0.15) is 4.49 Å². The van der Waals surface area contributed by atoms with Crippen LogP contribution in [-0.4, -0.2) is 18.1 Å². The minimum Gasteiger partial charge on any atom is -0.322 e. The van der Waals surface area contributed by atoms with Gasteiger partial charge in [0.05, 0.1) is 18.1 Å². The van der Waals surface area contributed by atoms with Gasteiger partial charge in [-0.05, 0) is 37.9 Å². The number of rotatable bonds is 8. The number of nitrogens with zero attached hydrogens (tertiary/aromatic N) is 1. The van der Waals surface area contributed by atoms with E-state index in [1.807, 2.05) is 13.8 Å². The Morgan fingerprint density at radius 1 is 1.28 bits per heavy atom. The van der Waals surface area contributed by atoms with Gasteiger partial charge in [-0.25, -0.2) is 0 Å². The molecule has 100 valence electrons. The van der Waals surface area contributed by atoms with Gasteiger partial charge in [0.2, 0.25) is 0 Å². The zero-order valence-corrected chi connectivity index (χ0v) is 11.9. The normalized spacial score (nSPS) is 10.8. The summed E-state index contributed by atoms with van der Waals surface area (Å²) in [6.45, 7) is 4.93. The van der Waals surface area contributed by atoms with Crippen LogP contribution in [0.4, 0.5) is 5.69 Å². The lowest BCUT2D eigenvalue weighted by atomic mass is 10.3. The Hall–Kier alpha value is -0.720. The molecule has 0 unspecified atom stereocenters. The number of nitrogens with one attached hydrogen (secondary N) is 1. The first-order valence-corrected chi connectivity index (χ1v) is 7.39. The number of benzene rings is 1. The quantitative estimate of drug-likeness (QED) is 0.342. The van der Waals surface area contributed by atoms with Gasteiger partial charge < -0.3 is 9.05 Å². The Kier molecular flexibility index (Phi) is 7.15. The van der Waals surface area contributed by atoms with Crippen LogP contribution in [0.15, 0.2) is 29.2 Å². The highest BCUT2D eigenvalue weighted by atomic mass is 32.2. The van der Waals surface area contributed by atoms with Crippen molar-refractivity contribution < 1.29 is 14.0 Å². The van der Waals surface area contributed by atoms with Crippen molar-refractivity contribution in [3.63, 3.8) is 0 Å². The van der Waals surface area contributed by atoms with E-state index < -0.39 is 13.4 Å². The summed E-state index contributed by atoms with van der Waals surface area (Å²) in [7, 11) is -1.13. The summed E-state index contributed by atoms with van der Waals surface area (Å²) in [4.78, 5) is 10.9. The maximum absolute atomic E-state index is 10.5. The fourth-order valence-electron chi connectivity index (χ4n) is 1.05.